The highest BCUT2D eigenvalue weighted by molar-refractivity contribution is 5.74. The van der Waals surface area contributed by atoms with Gasteiger partial charge in [0, 0.05) is 18.2 Å². The van der Waals surface area contributed by atoms with E-state index in [1.165, 1.54) is 0 Å². The molecule has 1 aromatic heterocycles. The molecule has 104 valence electrons. The molecule has 0 saturated heterocycles. The number of carboxylic acids is 1. The van der Waals surface area contributed by atoms with Crippen LogP contribution >= 0.6 is 0 Å². The van der Waals surface area contributed by atoms with Gasteiger partial charge in [-0.25, -0.2) is 4.79 Å². The third kappa shape index (κ3) is 6.35. The molecule has 1 heterocycles. The summed E-state index contributed by atoms with van der Waals surface area (Å²) in [5.74, 6) is -0.880. The Labute approximate surface area is 111 Å². The van der Waals surface area contributed by atoms with Crippen molar-refractivity contribution in [2.24, 2.45) is 0 Å². The zero-order valence-corrected chi connectivity index (χ0v) is 11.0. The lowest BCUT2D eigenvalue weighted by molar-refractivity contribution is -0.137. The number of amides is 2. The van der Waals surface area contributed by atoms with Gasteiger partial charge in [-0.1, -0.05) is 0 Å². The Hall–Kier alpha value is -2.18. The Balaban J connectivity index is 2.36. The van der Waals surface area contributed by atoms with Crippen LogP contribution in [-0.2, 0) is 11.3 Å². The van der Waals surface area contributed by atoms with Gasteiger partial charge in [0.2, 0.25) is 0 Å². The highest BCUT2D eigenvalue weighted by atomic mass is 16.4. The molecule has 0 spiro atoms. The molecule has 0 aliphatic rings. The van der Waals surface area contributed by atoms with Crippen molar-refractivity contribution in [2.75, 3.05) is 0 Å². The first-order valence-electron chi connectivity index (χ1n) is 5.93. The summed E-state index contributed by atoms with van der Waals surface area (Å²) < 4.78 is 0. The zero-order valence-electron chi connectivity index (χ0n) is 11.0. The molecule has 7 nitrogen and oxygen atoms in total. The number of carbonyl (C=O) groups excluding carboxylic acids is 1. The number of hydrogen-bond acceptors (Lipinski definition) is 4. The molecule has 3 N–H and O–H groups in total. The Morgan fingerprint density at radius 2 is 2.16 bits per heavy atom. The summed E-state index contributed by atoms with van der Waals surface area (Å²) in [6, 6.07) is 3.13. The minimum Gasteiger partial charge on any atom is -0.481 e. The maximum Gasteiger partial charge on any atom is 0.315 e. The van der Waals surface area contributed by atoms with Crippen molar-refractivity contribution < 1.29 is 14.7 Å². The first-order valence-corrected chi connectivity index (χ1v) is 5.93. The maximum absolute atomic E-state index is 11.7. The quantitative estimate of drug-likeness (QED) is 0.710. The van der Waals surface area contributed by atoms with E-state index in [1.807, 2.05) is 0 Å². The standard InChI is InChI=1S/C12H18N4O3/c1-12(2,6-5-10(17)18)15-11(19)13-8-9-4-3-7-14-16-9/h3-4,7H,5-6,8H2,1-2H3,(H,17,18)(H2,13,15,19). The smallest absolute Gasteiger partial charge is 0.315 e. The summed E-state index contributed by atoms with van der Waals surface area (Å²) in [5.41, 5.74) is 0.0752. The van der Waals surface area contributed by atoms with Crippen LogP contribution in [0.3, 0.4) is 0 Å². The highest BCUT2D eigenvalue weighted by Gasteiger charge is 2.21. The van der Waals surface area contributed by atoms with Crippen LogP contribution in [0.4, 0.5) is 4.79 Å². The third-order valence-corrected chi connectivity index (χ3v) is 2.47. The van der Waals surface area contributed by atoms with Gasteiger partial charge in [0.25, 0.3) is 0 Å². The van der Waals surface area contributed by atoms with Gasteiger partial charge in [-0.05, 0) is 32.4 Å². The molecule has 0 fully saturated rings. The molecule has 7 heteroatoms. The van der Waals surface area contributed by atoms with Crippen LogP contribution in [-0.4, -0.2) is 32.8 Å². The molecule has 1 rings (SSSR count). The minimum atomic E-state index is -0.880. The van der Waals surface area contributed by atoms with Crippen LogP contribution in [0.1, 0.15) is 32.4 Å². The van der Waals surface area contributed by atoms with Gasteiger partial charge in [-0.3, -0.25) is 4.79 Å². The first-order chi connectivity index (χ1) is 8.89. The van der Waals surface area contributed by atoms with E-state index < -0.39 is 11.5 Å². The van der Waals surface area contributed by atoms with E-state index in [0.29, 0.717) is 12.1 Å². The number of nitrogens with zero attached hydrogens (tertiary/aromatic N) is 2. The molecule has 0 atom stereocenters. The minimum absolute atomic E-state index is 0.0114. The lowest BCUT2D eigenvalue weighted by Crippen LogP contribution is -2.48. The normalized spacial score (nSPS) is 10.8. The van der Waals surface area contributed by atoms with Crippen molar-refractivity contribution >= 4 is 12.0 Å². The lowest BCUT2D eigenvalue weighted by atomic mass is 9.99. The first kappa shape index (κ1) is 14.9. The van der Waals surface area contributed by atoms with E-state index in [2.05, 4.69) is 20.8 Å². The molecule has 0 saturated carbocycles. The molecule has 1 aromatic rings. The highest BCUT2D eigenvalue weighted by Crippen LogP contribution is 2.10. The average Bonchev–Trinajstić information content (AvgIpc) is 2.35. The van der Waals surface area contributed by atoms with Crippen LogP contribution in [0.25, 0.3) is 0 Å². The molecule has 2 amide bonds. The molecule has 0 aliphatic carbocycles. The number of urea groups is 1. The molecule has 0 radical (unpaired) electrons. The van der Waals surface area contributed by atoms with Gasteiger partial charge in [0.1, 0.15) is 0 Å². The molecule has 0 unspecified atom stereocenters. The fraction of sp³-hybridized carbons (Fsp3) is 0.500. The van der Waals surface area contributed by atoms with Crippen LogP contribution in [0.2, 0.25) is 0 Å². The van der Waals surface area contributed by atoms with Crippen LogP contribution in [0, 0.1) is 0 Å². The monoisotopic (exact) mass is 266 g/mol. The van der Waals surface area contributed by atoms with Crippen molar-refractivity contribution in [3.05, 3.63) is 24.0 Å². The number of carboxylic acid groups (broad SMARTS) is 1. The molecular weight excluding hydrogens is 248 g/mol. The second-order valence-electron chi connectivity index (χ2n) is 4.80. The predicted molar refractivity (Wildman–Crippen MR) is 68.4 cm³/mol. The van der Waals surface area contributed by atoms with Crippen LogP contribution in [0.5, 0.6) is 0 Å². The summed E-state index contributed by atoms with van der Waals surface area (Å²) in [5, 5.41) is 21.5. The van der Waals surface area contributed by atoms with Crippen molar-refractivity contribution in [3.8, 4) is 0 Å². The molecule has 0 aliphatic heterocycles. The van der Waals surface area contributed by atoms with Crippen molar-refractivity contribution in [1.82, 2.24) is 20.8 Å². The van der Waals surface area contributed by atoms with Crippen LogP contribution in [0.15, 0.2) is 18.3 Å². The van der Waals surface area contributed by atoms with Gasteiger partial charge in [-0.15, -0.1) is 0 Å². The summed E-state index contributed by atoms with van der Waals surface area (Å²) in [6.45, 7) is 3.82. The van der Waals surface area contributed by atoms with E-state index in [0.717, 1.165) is 0 Å². The molecule has 19 heavy (non-hydrogen) atoms. The van der Waals surface area contributed by atoms with Crippen LogP contribution < -0.4 is 10.6 Å². The van der Waals surface area contributed by atoms with Gasteiger partial charge >= 0.3 is 12.0 Å². The van der Waals surface area contributed by atoms with Crippen molar-refractivity contribution in [2.45, 2.75) is 38.8 Å². The van der Waals surface area contributed by atoms with Crippen molar-refractivity contribution in [1.29, 1.82) is 0 Å². The Morgan fingerprint density at radius 1 is 1.42 bits per heavy atom. The number of nitrogens with one attached hydrogen (secondary N) is 2. The Bertz CT molecular complexity index is 434. The summed E-state index contributed by atoms with van der Waals surface area (Å²) in [7, 11) is 0. The Morgan fingerprint density at radius 3 is 2.74 bits per heavy atom. The van der Waals surface area contributed by atoms with Gasteiger partial charge in [0.05, 0.1) is 12.2 Å². The zero-order chi connectivity index (χ0) is 14.3. The van der Waals surface area contributed by atoms with Gasteiger partial charge < -0.3 is 15.7 Å². The number of hydrogen-bond donors (Lipinski definition) is 3. The fourth-order valence-electron chi connectivity index (χ4n) is 1.43. The number of rotatable bonds is 6. The largest absolute Gasteiger partial charge is 0.481 e. The van der Waals surface area contributed by atoms with E-state index in [9.17, 15) is 9.59 Å². The fourth-order valence-corrected chi connectivity index (χ4v) is 1.43. The van der Waals surface area contributed by atoms with Gasteiger partial charge in [-0.2, -0.15) is 10.2 Å². The summed E-state index contributed by atoms with van der Waals surface area (Å²) in [4.78, 5) is 22.2. The number of aromatic nitrogens is 2. The molecule has 0 bridgehead atoms. The summed E-state index contributed by atoms with van der Waals surface area (Å²) >= 11 is 0. The predicted octanol–water partition coefficient (Wildman–Crippen LogP) is 0.919. The van der Waals surface area contributed by atoms with Gasteiger partial charge in [0.15, 0.2) is 0 Å². The molecular formula is C12H18N4O3. The van der Waals surface area contributed by atoms with Crippen molar-refractivity contribution in [3.63, 3.8) is 0 Å². The topological polar surface area (TPSA) is 104 Å². The number of aliphatic carboxylic acids is 1. The van der Waals surface area contributed by atoms with E-state index >= 15 is 0 Å². The number of carbonyl (C=O) groups is 2. The second kappa shape index (κ2) is 6.67. The second-order valence-corrected chi connectivity index (χ2v) is 4.80. The summed E-state index contributed by atoms with van der Waals surface area (Å²) in [6.07, 6.45) is 1.93. The van der Waals surface area contributed by atoms with E-state index in [-0.39, 0.29) is 19.0 Å². The molecule has 0 aromatic carbocycles. The Kier molecular flexibility index (Phi) is 5.23. The third-order valence-electron chi connectivity index (χ3n) is 2.47. The average molecular weight is 266 g/mol. The van der Waals surface area contributed by atoms with E-state index in [1.54, 1.807) is 32.2 Å². The van der Waals surface area contributed by atoms with E-state index in [4.69, 9.17) is 5.11 Å². The SMILES string of the molecule is CC(C)(CCC(=O)O)NC(=O)NCc1cccnn1. The lowest BCUT2D eigenvalue weighted by Gasteiger charge is -2.25. The maximum atomic E-state index is 11.7.